The maximum atomic E-state index is 6.03. The molecular formula is C15H23N5S. The minimum atomic E-state index is 0.338. The van der Waals surface area contributed by atoms with Gasteiger partial charge < -0.3 is 16.0 Å². The molecule has 5 nitrogen and oxygen atoms in total. The molecule has 2 aromatic rings. The second kappa shape index (κ2) is 7.38. The number of likely N-dealkylation sites (N-methyl/N-ethyl adjacent to an activating group) is 1. The van der Waals surface area contributed by atoms with Gasteiger partial charge >= 0.3 is 0 Å². The van der Waals surface area contributed by atoms with Crippen molar-refractivity contribution in [2.45, 2.75) is 26.8 Å². The molecule has 2 rings (SSSR count). The van der Waals surface area contributed by atoms with Gasteiger partial charge in [0.05, 0.1) is 5.56 Å². The summed E-state index contributed by atoms with van der Waals surface area (Å²) >= 11 is 1.42. The Bertz CT molecular complexity index is 550. The van der Waals surface area contributed by atoms with Crippen molar-refractivity contribution in [3.05, 3.63) is 24.5 Å². The second-order valence-corrected chi connectivity index (χ2v) is 5.81. The lowest BCUT2D eigenvalue weighted by atomic mass is 10.1. The largest absolute Gasteiger partial charge is 0.382 e. The van der Waals surface area contributed by atoms with Crippen LogP contribution < -0.4 is 11.1 Å². The fourth-order valence-electron chi connectivity index (χ4n) is 2.34. The minimum Gasteiger partial charge on any atom is -0.382 e. The monoisotopic (exact) mass is 305 g/mol. The Morgan fingerprint density at radius 2 is 1.95 bits per heavy atom. The highest BCUT2D eigenvalue weighted by Gasteiger charge is 2.16. The van der Waals surface area contributed by atoms with Crippen molar-refractivity contribution in [1.82, 2.24) is 14.3 Å². The summed E-state index contributed by atoms with van der Waals surface area (Å²) in [6, 6.07) is 4.26. The van der Waals surface area contributed by atoms with Crippen molar-refractivity contribution < 1.29 is 0 Å². The highest BCUT2D eigenvalue weighted by atomic mass is 32.1. The predicted molar refractivity (Wildman–Crippen MR) is 90.6 cm³/mol. The van der Waals surface area contributed by atoms with Crippen molar-refractivity contribution in [2.24, 2.45) is 0 Å². The molecule has 0 aliphatic heterocycles. The molecule has 0 radical (unpaired) electrons. The molecule has 2 aromatic heterocycles. The molecule has 0 saturated carbocycles. The molecule has 0 spiro atoms. The summed E-state index contributed by atoms with van der Waals surface area (Å²) in [4.78, 5) is 6.45. The third-order valence-electron chi connectivity index (χ3n) is 3.49. The van der Waals surface area contributed by atoms with Gasteiger partial charge in [-0.25, -0.2) is 0 Å². The van der Waals surface area contributed by atoms with Crippen LogP contribution in [-0.2, 0) is 0 Å². The second-order valence-electron chi connectivity index (χ2n) is 5.04. The van der Waals surface area contributed by atoms with Crippen molar-refractivity contribution in [1.29, 1.82) is 0 Å². The molecule has 3 N–H and O–H groups in total. The molecule has 0 amide bonds. The van der Waals surface area contributed by atoms with Gasteiger partial charge in [-0.2, -0.15) is 4.37 Å². The summed E-state index contributed by atoms with van der Waals surface area (Å²) in [5.74, 6) is 0.573. The van der Waals surface area contributed by atoms with E-state index in [1.807, 2.05) is 12.1 Å². The molecule has 21 heavy (non-hydrogen) atoms. The Morgan fingerprint density at radius 1 is 1.29 bits per heavy atom. The van der Waals surface area contributed by atoms with Gasteiger partial charge in [-0.05, 0) is 49.2 Å². The van der Waals surface area contributed by atoms with Gasteiger partial charge in [0.25, 0.3) is 0 Å². The fraction of sp³-hybridized carbons (Fsp3) is 0.467. The molecule has 0 bridgehead atoms. The van der Waals surface area contributed by atoms with Crippen LogP contribution in [0.3, 0.4) is 0 Å². The topological polar surface area (TPSA) is 67.1 Å². The van der Waals surface area contributed by atoms with Crippen LogP contribution in [0.25, 0.3) is 11.1 Å². The van der Waals surface area contributed by atoms with Crippen LogP contribution >= 0.6 is 11.5 Å². The van der Waals surface area contributed by atoms with E-state index < -0.39 is 0 Å². The molecule has 114 valence electrons. The van der Waals surface area contributed by atoms with Crippen LogP contribution in [0.15, 0.2) is 24.5 Å². The first kappa shape index (κ1) is 15.7. The highest BCUT2D eigenvalue weighted by Crippen LogP contribution is 2.36. The van der Waals surface area contributed by atoms with Crippen molar-refractivity contribution in [2.75, 3.05) is 30.7 Å². The van der Waals surface area contributed by atoms with E-state index in [0.717, 1.165) is 35.8 Å². The zero-order valence-electron chi connectivity index (χ0n) is 12.8. The summed E-state index contributed by atoms with van der Waals surface area (Å²) < 4.78 is 4.29. The van der Waals surface area contributed by atoms with Gasteiger partial charge in [0.2, 0.25) is 0 Å². The number of anilines is 2. The minimum absolute atomic E-state index is 0.338. The smallest absolute Gasteiger partial charge is 0.147 e. The number of nitrogens with two attached hydrogens (primary N) is 1. The van der Waals surface area contributed by atoms with Crippen LogP contribution in [0.4, 0.5) is 10.8 Å². The van der Waals surface area contributed by atoms with E-state index in [0.29, 0.717) is 11.9 Å². The lowest BCUT2D eigenvalue weighted by molar-refractivity contribution is 0.295. The predicted octanol–water partition coefficient (Wildman–Crippen LogP) is 2.93. The highest BCUT2D eigenvalue weighted by molar-refractivity contribution is 7.11. The number of aromatic nitrogens is 2. The van der Waals surface area contributed by atoms with Crippen LogP contribution in [0.1, 0.15) is 20.8 Å². The molecule has 1 atom stereocenters. The average molecular weight is 305 g/mol. The van der Waals surface area contributed by atoms with Crippen molar-refractivity contribution in [3.63, 3.8) is 0 Å². The van der Waals surface area contributed by atoms with Gasteiger partial charge in [-0.3, -0.25) is 4.98 Å². The molecule has 0 saturated heterocycles. The molecular weight excluding hydrogens is 282 g/mol. The molecule has 2 heterocycles. The summed E-state index contributed by atoms with van der Waals surface area (Å²) in [7, 11) is 0. The molecule has 0 aromatic carbocycles. The fourth-order valence-corrected chi connectivity index (χ4v) is 3.19. The summed E-state index contributed by atoms with van der Waals surface area (Å²) in [6.45, 7) is 9.67. The quantitative estimate of drug-likeness (QED) is 0.823. The maximum Gasteiger partial charge on any atom is 0.147 e. The summed E-state index contributed by atoms with van der Waals surface area (Å²) in [5, 5.41) is 4.57. The molecule has 6 heteroatoms. The van der Waals surface area contributed by atoms with E-state index in [-0.39, 0.29) is 0 Å². The van der Waals surface area contributed by atoms with Crippen LogP contribution in [0.5, 0.6) is 0 Å². The number of pyridine rings is 1. The van der Waals surface area contributed by atoms with Gasteiger partial charge in [-0.15, -0.1) is 0 Å². The van der Waals surface area contributed by atoms with E-state index in [2.05, 4.69) is 40.3 Å². The SMILES string of the molecule is CCN(CC)CC(C)Nc1snc(N)c1-c1ccncc1. The average Bonchev–Trinajstić information content (AvgIpc) is 2.86. The van der Waals surface area contributed by atoms with E-state index in [1.54, 1.807) is 12.4 Å². The molecule has 1 unspecified atom stereocenters. The van der Waals surface area contributed by atoms with Gasteiger partial charge in [0, 0.05) is 25.0 Å². The van der Waals surface area contributed by atoms with Crippen LogP contribution in [0, 0.1) is 0 Å². The number of nitrogens with zero attached hydrogens (tertiary/aromatic N) is 3. The third kappa shape index (κ3) is 3.92. The third-order valence-corrected chi connectivity index (χ3v) is 4.28. The first-order chi connectivity index (χ1) is 10.2. The zero-order chi connectivity index (χ0) is 15.2. The lowest BCUT2D eigenvalue weighted by Crippen LogP contribution is -2.34. The van der Waals surface area contributed by atoms with E-state index in [4.69, 9.17) is 5.73 Å². The Hall–Kier alpha value is -1.66. The number of nitrogen functional groups attached to an aromatic ring is 1. The van der Waals surface area contributed by atoms with Crippen molar-refractivity contribution in [3.8, 4) is 11.1 Å². The Labute approximate surface area is 130 Å². The van der Waals surface area contributed by atoms with Crippen LogP contribution in [0.2, 0.25) is 0 Å². The first-order valence-corrected chi connectivity index (χ1v) is 8.07. The van der Waals surface area contributed by atoms with E-state index in [1.165, 1.54) is 11.5 Å². The Balaban J connectivity index is 2.15. The van der Waals surface area contributed by atoms with E-state index >= 15 is 0 Å². The molecule has 0 aliphatic carbocycles. The summed E-state index contributed by atoms with van der Waals surface area (Å²) in [5.41, 5.74) is 8.06. The molecule has 0 fully saturated rings. The normalized spacial score (nSPS) is 12.6. The zero-order valence-corrected chi connectivity index (χ0v) is 13.7. The van der Waals surface area contributed by atoms with E-state index in [9.17, 15) is 0 Å². The summed E-state index contributed by atoms with van der Waals surface area (Å²) in [6.07, 6.45) is 3.55. The Kier molecular flexibility index (Phi) is 5.52. The number of rotatable bonds is 7. The lowest BCUT2D eigenvalue weighted by Gasteiger charge is -2.23. The van der Waals surface area contributed by atoms with Crippen molar-refractivity contribution >= 4 is 22.4 Å². The standard InChI is InChI=1S/C15H23N5S/c1-4-20(5-2)10-11(3)18-15-13(14(16)19-21-15)12-6-8-17-9-7-12/h6-9,11,18H,4-5,10H2,1-3H3,(H2,16,19). The number of hydrogen-bond donors (Lipinski definition) is 2. The van der Waals surface area contributed by atoms with Gasteiger partial charge in [0.1, 0.15) is 10.8 Å². The number of nitrogens with one attached hydrogen (secondary N) is 1. The van der Waals surface area contributed by atoms with Crippen LogP contribution in [-0.4, -0.2) is 39.9 Å². The Morgan fingerprint density at radius 3 is 2.57 bits per heavy atom. The van der Waals surface area contributed by atoms with Gasteiger partial charge in [0.15, 0.2) is 0 Å². The maximum absolute atomic E-state index is 6.03. The first-order valence-electron chi connectivity index (χ1n) is 7.30. The molecule has 0 aliphatic rings. The number of hydrogen-bond acceptors (Lipinski definition) is 6. The van der Waals surface area contributed by atoms with Gasteiger partial charge in [-0.1, -0.05) is 13.8 Å².